The number of amides is 1. The lowest BCUT2D eigenvalue weighted by Gasteiger charge is -2.22. The highest BCUT2D eigenvalue weighted by Crippen LogP contribution is 2.42. The fourth-order valence-corrected chi connectivity index (χ4v) is 4.73. The normalized spacial score (nSPS) is 12.4. The Morgan fingerprint density at radius 3 is 2.59 bits per heavy atom. The molecule has 0 fully saturated rings. The van der Waals surface area contributed by atoms with Gasteiger partial charge in [0.15, 0.2) is 0 Å². The van der Waals surface area contributed by atoms with Crippen molar-refractivity contribution in [2.45, 2.75) is 60.0 Å². The van der Waals surface area contributed by atoms with Crippen molar-refractivity contribution in [1.82, 2.24) is 9.97 Å². The highest BCUT2D eigenvalue weighted by atomic mass is 16.5. The number of pyridine rings is 2. The summed E-state index contributed by atoms with van der Waals surface area (Å²) in [4.78, 5) is 32.4. The molecule has 0 bridgehead atoms. The van der Waals surface area contributed by atoms with Gasteiger partial charge in [-0.25, -0.2) is 4.98 Å². The van der Waals surface area contributed by atoms with Crippen LogP contribution in [-0.4, -0.2) is 45.8 Å². The number of hydrogen-bond acceptors (Lipinski definition) is 7. The van der Waals surface area contributed by atoms with Crippen molar-refractivity contribution in [2.24, 2.45) is 0 Å². The summed E-state index contributed by atoms with van der Waals surface area (Å²) < 4.78 is 11.2. The third-order valence-corrected chi connectivity index (χ3v) is 6.13. The van der Waals surface area contributed by atoms with Crippen LogP contribution in [0.3, 0.4) is 0 Å². The molecular weight excluding hydrogens is 494 g/mol. The van der Waals surface area contributed by atoms with Crippen LogP contribution in [0.4, 0.5) is 5.82 Å². The van der Waals surface area contributed by atoms with Gasteiger partial charge in [-0.1, -0.05) is 0 Å². The minimum Gasteiger partial charge on any atom is -0.493 e. The van der Waals surface area contributed by atoms with E-state index < -0.39 is 5.60 Å². The maximum Gasteiger partial charge on any atom is 0.302 e. The number of anilines is 1. The summed E-state index contributed by atoms with van der Waals surface area (Å²) in [6, 6.07) is 11.9. The standard InChI is InChI=1S/C27H25N3O4.C4H10O.H2/c1-15-14-22-20(5-7-24(30-22)29-16(2)31)26(19(15)10-13-33-17(3)32)21-4-6-23-25-18(9-12-34-23)8-11-28-27(21)25;1-4(2,3)5;/h4-8,11,14H,9-10,12-13H2,1-3H3,(H,29,30,31);5H,1-3H3;1H. The third kappa shape index (κ3) is 6.70. The molecule has 2 aromatic carbocycles. The number of nitrogens with one attached hydrogen (secondary N) is 1. The summed E-state index contributed by atoms with van der Waals surface area (Å²) in [5.41, 5.74) is 6.45. The molecule has 1 amide bonds. The van der Waals surface area contributed by atoms with Crippen molar-refractivity contribution in [2.75, 3.05) is 18.5 Å². The van der Waals surface area contributed by atoms with Crippen LogP contribution in [0.5, 0.6) is 5.75 Å². The van der Waals surface area contributed by atoms with Gasteiger partial charge >= 0.3 is 5.97 Å². The first kappa shape index (κ1) is 28.0. The van der Waals surface area contributed by atoms with E-state index in [1.807, 2.05) is 37.4 Å². The van der Waals surface area contributed by atoms with Crippen LogP contribution in [-0.2, 0) is 27.2 Å². The van der Waals surface area contributed by atoms with E-state index in [-0.39, 0.29) is 19.9 Å². The molecule has 4 aromatic rings. The Kier molecular flexibility index (Phi) is 8.16. The molecule has 3 heterocycles. The van der Waals surface area contributed by atoms with Gasteiger partial charge in [-0.15, -0.1) is 0 Å². The molecule has 0 saturated heterocycles. The number of hydrogen-bond donors (Lipinski definition) is 2. The summed E-state index contributed by atoms with van der Waals surface area (Å²) >= 11 is 0. The largest absolute Gasteiger partial charge is 0.493 e. The number of benzene rings is 2. The summed E-state index contributed by atoms with van der Waals surface area (Å²) in [6.45, 7) is 11.1. The average Bonchev–Trinajstić information content (AvgIpc) is 2.84. The molecule has 0 atom stereocenters. The van der Waals surface area contributed by atoms with Gasteiger partial charge in [0.25, 0.3) is 0 Å². The number of fused-ring (bicyclic) bond motifs is 1. The second-order valence-corrected chi connectivity index (χ2v) is 10.7. The fourth-order valence-electron chi connectivity index (χ4n) is 4.73. The van der Waals surface area contributed by atoms with Gasteiger partial charge in [-0.3, -0.25) is 14.6 Å². The predicted octanol–water partition coefficient (Wildman–Crippen LogP) is 5.78. The predicted molar refractivity (Wildman–Crippen MR) is 155 cm³/mol. The zero-order chi connectivity index (χ0) is 28.3. The lowest BCUT2D eigenvalue weighted by molar-refractivity contribution is -0.140. The van der Waals surface area contributed by atoms with E-state index in [1.165, 1.54) is 19.4 Å². The van der Waals surface area contributed by atoms with Crippen LogP contribution in [0.25, 0.3) is 32.9 Å². The van der Waals surface area contributed by atoms with Gasteiger partial charge in [0.2, 0.25) is 5.91 Å². The number of ether oxygens (including phenoxy) is 2. The highest BCUT2D eigenvalue weighted by molar-refractivity contribution is 6.07. The van der Waals surface area contributed by atoms with Crippen molar-refractivity contribution in [3.8, 4) is 16.9 Å². The second kappa shape index (κ2) is 11.4. The van der Waals surface area contributed by atoms with E-state index in [2.05, 4.69) is 11.4 Å². The maximum atomic E-state index is 11.6. The number of aliphatic hydroxyl groups is 1. The van der Waals surface area contributed by atoms with Gasteiger partial charge < -0.3 is 19.9 Å². The minimum atomic E-state index is -0.500. The van der Waals surface area contributed by atoms with Gasteiger partial charge in [-0.05, 0) is 86.3 Å². The molecular formula is C31H37N3O5. The summed E-state index contributed by atoms with van der Waals surface area (Å²) in [6.07, 6.45) is 3.24. The number of esters is 1. The smallest absolute Gasteiger partial charge is 0.302 e. The van der Waals surface area contributed by atoms with E-state index >= 15 is 0 Å². The number of rotatable bonds is 5. The topological polar surface area (TPSA) is 111 Å². The third-order valence-electron chi connectivity index (χ3n) is 6.13. The first-order valence-electron chi connectivity index (χ1n) is 13.0. The van der Waals surface area contributed by atoms with Crippen LogP contribution in [0.2, 0.25) is 0 Å². The summed E-state index contributed by atoms with van der Waals surface area (Å²) in [5.74, 6) is 0.871. The molecule has 0 spiro atoms. The molecule has 0 unspecified atom stereocenters. The Labute approximate surface area is 229 Å². The van der Waals surface area contributed by atoms with Gasteiger partial charge in [0.1, 0.15) is 11.6 Å². The summed E-state index contributed by atoms with van der Waals surface area (Å²) in [5, 5.41) is 13.3. The molecule has 8 nitrogen and oxygen atoms in total. The number of carbonyl (C=O) groups is 2. The monoisotopic (exact) mass is 531 g/mol. The lowest BCUT2D eigenvalue weighted by Crippen LogP contribution is -2.10. The van der Waals surface area contributed by atoms with Crippen LogP contribution in [0.15, 0.2) is 42.6 Å². The number of nitrogens with zero attached hydrogens (tertiary/aromatic N) is 2. The molecule has 39 heavy (non-hydrogen) atoms. The number of aromatic nitrogens is 2. The molecule has 1 aliphatic rings. The molecule has 2 aromatic heterocycles. The first-order chi connectivity index (χ1) is 18.4. The Bertz CT molecular complexity index is 1550. The van der Waals surface area contributed by atoms with Crippen molar-refractivity contribution in [1.29, 1.82) is 0 Å². The lowest BCUT2D eigenvalue weighted by atomic mass is 9.88. The van der Waals surface area contributed by atoms with Gasteiger partial charge in [0.05, 0.1) is 29.8 Å². The van der Waals surface area contributed by atoms with E-state index in [9.17, 15) is 9.59 Å². The average molecular weight is 532 g/mol. The van der Waals surface area contributed by atoms with E-state index in [0.717, 1.165) is 56.2 Å². The molecule has 1 aliphatic heterocycles. The van der Waals surface area contributed by atoms with E-state index in [4.69, 9.17) is 24.5 Å². The van der Waals surface area contributed by atoms with Crippen molar-refractivity contribution < 1.29 is 25.6 Å². The maximum absolute atomic E-state index is 11.6. The molecule has 0 aliphatic carbocycles. The molecule has 8 heteroatoms. The Balaban J connectivity index is 0.000000677. The molecule has 2 N–H and O–H groups in total. The van der Waals surface area contributed by atoms with Crippen LogP contribution in [0, 0.1) is 6.92 Å². The quantitative estimate of drug-likeness (QED) is 0.314. The number of aryl methyl sites for hydroxylation is 1. The molecule has 0 radical (unpaired) electrons. The van der Waals surface area contributed by atoms with Crippen molar-refractivity contribution >= 4 is 39.5 Å². The van der Waals surface area contributed by atoms with Crippen molar-refractivity contribution in [3.05, 3.63) is 59.3 Å². The Hall–Kier alpha value is -4.04. The van der Waals surface area contributed by atoms with E-state index in [1.54, 1.807) is 26.8 Å². The zero-order valence-electron chi connectivity index (χ0n) is 23.3. The Morgan fingerprint density at radius 2 is 1.90 bits per heavy atom. The Morgan fingerprint density at radius 1 is 1.15 bits per heavy atom. The van der Waals surface area contributed by atoms with Crippen molar-refractivity contribution in [3.63, 3.8) is 0 Å². The molecule has 0 saturated carbocycles. The first-order valence-corrected chi connectivity index (χ1v) is 13.0. The van der Waals surface area contributed by atoms with Crippen LogP contribution >= 0.6 is 0 Å². The van der Waals surface area contributed by atoms with E-state index in [0.29, 0.717) is 18.8 Å². The van der Waals surface area contributed by atoms with Gasteiger partial charge in [-0.2, -0.15) is 0 Å². The van der Waals surface area contributed by atoms with Crippen LogP contribution in [0.1, 0.15) is 52.7 Å². The number of carbonyl (C=O) groups excluding carboxylic acids is 2. The molecule has 206 valence electrons. The molecule has 5 rings (SSSR count). The van der Waals surface area contributed by atoms with Gasteiger partial charge in [0, 0.05) is 50.6 Å². The second-order valence-electron chi connectivity index (χ2n) is 10.7. The SMILES string of the molecule is CC(=O)Nc1ccc2c(-c3ccc4c5c(ccnc35)CCO4)c(CCOC(C)=O)c(C)cc2n1.CC(C)(C)O.[HH]. The zero-order valence-corrected chi connectivity index (χ0v) is 23.3. The van der Waals surface area contributed by atoms with Crippen LogP contribution < -0.4 is 10.1 Å². The fraction of sp³-hybridized carbons (Fsp3) is 0.355. The highest BCUT2D eigenvalue weighted by Gasteiger charge is 2.22. The summed E-state index contributed by atoms with van der Waals surface area (Å²) in [7, 11) is 0. The minimum absolute atomic E-state index is 0.